The summed E-state index contributed by atoms with van der Waals surface area (Å²) in [5.41, 5.74) is 1.71. The van der Waals surface area contributed by atoms with Gasteiger partial charge in [-0.15, -0.1) is 0 Å². The van der Waals surface area contributed by atoms with Crippen LogP contribution in [0.1, 0.15) is 40.5 Å². The van der Waals surface area contributed by atoms with Crippen LogP contribution in [0.2, 0.25) is 0 Å². The van der Waals surface area contributed by atoms with Crippen molar-refractivity contribution in [1.29, 1.82) is 0 Å². The molecule has 1 rings (SSSR count). The van der Waals surface area contributed by atoms with Crippen LogP contribution in [0.25, 0.3) is 0 Å². The summed E-state index contributed by atoms with van der Waals surface area (Å²) in [7, 11) is 0. The summed E-state index contributed by atoms with van der Waals surface area (Å²) in [6.07, 6.45) is 2.59. The molecule has 1 aliphatic rings. The summed E-state index contributed by atoms with van der Waals surface area (Å²) in [6.45, 7) is 17.1. The number of rotatable bonds is 3. The van der Waals surface area contributed by atoms with Gasteiger partial charge in [0.25, 0.3) is 0 Å². The lowest BCUT2D eigenvalue weighted by atomic mass is 9.82. The highest BCUT2D eigenvalue weighted by Crippen LogP contribution is 2.32. The molecule has 1 heterocycles. The van der Waals surface area contributed by atoms with E-state index in [1.807, 2.05) is 0 Å². The van der Waals surface area contributed by atoms with Crippen LogP contribution < -0.4 is 0 Å². The average molecular weight is 195 g/mol. The lowest BCUT2D eigenvalue weighted by Crippen LogP contribution is -2.20. The molecular weight excluding hydrogens is 170 g/mol. The zero-order valence-electron chi connectivity index (χ0n) is 10.3. The Morgan fingerprint density at radius 1 is 1.43 bits per heavy atom. The molecule has 1 atom stereocenters. The van der Waals surface area contributed by atoms with E-state index in [1.165, 1.54) is 38.0 Å². The number of hydrogen-bond donors (Lipinski definition) is 0. The molecule has 0 aromatic heterocycles. The molecule has 0 aromatic rings. The molecule has 1 saturated heterocycles. The van der Waals surface area contributed by atoms with Crippen molar-refractivity contribution >= 4 is 0 Å². The van der Waals surface area contributed by atoms with Crippen LogP contribution in [0.15, 0.2) is 12.2 Å². The summed E-state index contributed by atoms with van der Waals surface area (Å²) in [6, 6.07) is 0. The molecule has 0 aromatic carbocycles. The molecule has 14 heavy (non-hydrogen) atoms. The Balaban J connectivity index is 2.36. The third-order valence-electron chi connectivity index (χ3n) is 3.41. The van der Waals surface area contributed by atoms with E-state index in [0.29, 0.717) is 5.41 Å². The van der Waals surface area contributed by atoms with Crippen molar-refractivity contribution < 1.29 is 0 Å². The summed E-state index contributed by atoms with van der Waals surface area (Å²) < 4.78 is 0. The fraction of sp³-hybridized carbons (Fsp3) is 0.846. The van der Waals surface area contributed by atoms with E-state index in [4.69, 9.17) is 0 Å². The monoisotopic (exact) mass is 195 g/mol. The molecule has 0 bridgehead atoms. The van der Waals surface area contributed by atoms with Crippen molar-refractivity contribution in [3.8, 4) is 0 Å². The van der Waals surface area contributed by atoms with Gasteiger partial charge in [-0.05, 0) is 37.3 Å². The Hall–Kier alpha value is -0.300. The zero-order valence-corrected chi connectivity index (χ0v) is 10.3. The lowest BCUT2D eigenvalue weighted by molar-refractivity contribution is 0.336. The minimum atomic E-state index is 0.291. The summed E-state index contributed by atoms with van der Waals surface area (Å²) >= 11 is 0. The van der Waals surface area contributed by atoms with Gasteiger partial charge in [0.05, 0.1) is 0 Å². The highest BCUT2D eigenvalue weighted by Gasteiger charge is 2.24. The molecule has 0 aliphatic carbocycles. The second kappa shape index (κ2) is 4.48. The van der Waals surface area contributed by atoms with E-state index >= 15 is 0 Å². The molecule has 82 valence electrons. The largest absolute Gasteiger partial charge is 0.303 e. The van der Waals surface area contributed by atoms with Crippen LogP contribution in [0.3, 0.4) is 0 Å². The van der Waals surface area contributed by atoms with Gasteiger partial charge in [-0.2, -0.15) is 0 Å². The first-order valence-electron chi connectivity index (χ1n) is 5.84. The molecular formula is C13H25N. The molecule has 0 spiro atoms. The molecule has 0 radical (unpaired) electrons. The van der Waals surface area contributed by atoms with Gasteiger partial charge in [0.2, 0.25) is 0 Å². The van der Waals surface area contributed by atoms with E-state index < -0.39 is 0 Å². The van der Waals surface area contributed by atoms with Crippen molar-refractivity contribution in [2.24, 2.45) is 11.3 Å². The molecule has 1 aliphatic heterocycles. The van der Waals surface area contributed by atoms with Crippen molar-refractivity contribution in [2.75, 3.05) is 19.6 Å². The van der Waals surface area contributed by atoms with E-state index in [9.17, 15) is 0 Å². The standard InChI is InChI=1S/C13H25N/c1-6-14-8-7-12(10-14)9-11(2)13(3,4)5/h12H,2,6-10H2,1,3-5H3. The SMILES string of the molecule is C=C(CC1CCN(CC)C1)C(C)(C)C. The first-order chi connectivity index (χ1) is 6.43. The van der Waals surface area contributed by atoms with Gasteiger partial charge in [0.1, 0.15) is 0 Å². The second-order valence-corrected chi connectivity index (χ2v) is 5.61. The number of nitrogens with zero attached hydrogens (tertiary/aromatic N) is 1. The van der Waals surface area contributed by atoms with Crippen LogP contribution >= 0.6 is 0 Å². The predicted molar refractivity (Wildman–Crippen MR) is 63.4 cm³/mol. The maximum Gasteiger partial charge on any atom is 0.00131 e. The summed E-state index contributed by atoms with van der Waals surface area (Å²) in [5.74, 6) is 0.863. The Bertz CT molecular complexity index is 200. The van der Waals surface area contributed by atoms with Crippen molar-refractivity contribution in [1.82, 2.24) is 4.90 Å². The molecule has 0 saturated carbocycles. The van der Waals surface area contributed by atoms with Crippen molar-refractivity contribution in [2.45, 2.75) is 40.5 Å². The highest BCUT2D eigenvalue weighted by atomic mass is 15.1. The highest BCUT2D eigenvalue weighted by molar-refractivity contribution is 5.06. The Kier molecular flexibility index (Phi) is 3.77. The Labute approximate surface area is 89.2 Å². The first-order valence-corrected chi connectivity index (χ1v) is 5.84. The number of likely N-dealkylation sites (tertiary alicyclic amines) is 1. The van der Waals surface area contributed by atoms with Crippen LogP contribution in [-0.2, 0) is 0 Å². The minimum absolute atomic E-state index is 0.291. The number of allylic oxidation sites excluding steroid dienone is 1. The summed E-state index contributed by atoms with van der Waals surface area (Å²) in [5, 5.41) is 0. The van der Waals surface area contributed by atoms with Gasteiger partial charge < -0.3 is 4.90 Å². The van der Waals surface area contributed by atoms with Gasteiger partial charge in [-0.1, -0.05) is 39.8 Å². The second-order valence-electron chi connectivity index (χ2n) is 5.61. The summed E-state index contributed by atoms with van der Waals surface area (Å²) in [4.78, 5) is 2.54. The Morgan fingerprint density at radius 3 is 2.50 bits per heavy atom. The quantitative estimate of drug-likeness (QED) is 0.624. The smallest absolute Gasteiger partial charge is 0.00131 e. The average Bonchev–Trinajstić information content (AvgIpc) is 2.50. The molecule has 1 unspecified atom stereocenters. The maximum atomic E-state index is 4.22. The topological polar surface area (TPSA) is 3.24 Å². The van der Waals surface area contributed by atoms with Gasteiger partial charge in [-0.25, -0.2) is 0 Å². The minimum Gasteiger partial charge on any atom is -0.303 e. The normalized spacial score (nSPS) is 24.1. The van der Waals surface area contributed by atoms with E-state index in [2.05, 4.69) is 39.2 Å². The fourth-order valence-electron chi connectivity index (χ4n) is 2.02. The zero-order chi connectivity index (χ0) is 10.8. The van der Waals surface area contributed by atoms with E-state index in [1.54, 1.807) is 0 Å². The maximum absolute atomic E-state index is 4.22. The predicted octanol–water partition coefficient (Wildman–Crippen LogP) is 3.32. The van der Waals surface area contributed by atoms with Gasteiger partial charge in [0.15, 0.2) is 0 Å². The molecule has 0 N–H and O–H groups in total. The van der Waals surface area contributed by atoms with Crippen molar-refractivity contribution in [3.63, 3.8) is 0 Å². The molecule has 1 heteroatoms. The third kappa shape index (κ3) is 3.13. The Morgan fingerprint density at radius 2 is 2.07 bits per heavy atom. The number of hydrogen-bond acceptors (Lipinski definition) is 1. The van der Waals surface area contributed by atoms with Crippen LogP contribution in [0.4, 0.5) is 0 Å². The van der Waals surface area contributed by atoms with Crippen LogP contribution in [0.5, 0.6) is 0 Å². The van der Waals surface area contributed by atoms with Crippen molar-refractivity contribution in [3.05, 3.63) is 12.2 Å². The molecule has 1 fully saturated rings. The fourth-order valence-corrected chi connectivity index (χ4v) is 2.02. The van der Waals surface area contributed by atoms with Crippen LogP contribution in [-0.4, -0.2) is 24.5 Å². The van der Waals surface area contributed by atoms with E-state index in [-0.39, 0.29) is 0 Å². The lowest BCUT2D eigenvalue weighted by Gasteiger charge is -2.24. The van der Waals surface area contributed by atoms with Gasteiger partial charge in [-0.3, -0.25) is 0 Å². The molecule has 1 nitrogen and oxygen atoms in total. The van der Waals surface area contributed by atoms with Gasteiger partial charge >= 0.3 is 0 Å². The molecule has 0 amide bonds. The third-order valence-corrected chi connectivity index (χ3v) is 3.41. The van der Waals surface area contributed by atoms with Crippen LogP contribution in [0, 0.1) is 11.3 Å². The van der Waals surface area contributed by atoms with Gasteiger partial charge in [0, 0.05) is 6.54 Å². The van der Waals surface area contributed by atoms with E-state index in [0.717, 1.165) is 5.92 Å². The first kappa shape index (κ1) is 11.8.